The summed E-state index contributed by atoms with van der Waals surface area (Å²) in [5.41, 5.74) is 2.22. The second-order valence-electron chi connectivity index (χ2n) is 6.73. The van der Waals surface area contributed by atoms with E-state index in [-0.39, 0.29) is 5.60 Å². The average molecular weight is 206 g/mol. The predicted octanol–water partition coefficient (Wildman–Crippen LogP) is 3.55. The van der Waals surface area contributed by atoms with Crippen LogP contribution in [-0.4, -0.2) is 11.7 Å². The summed E-state index contributed by atoms with van der Waals surface area (Å²) in [4.78, 5) is 0. The molecule has 4 atom stereocenters. The summed E-state index contributed by atoms with van der Waals surface area (Å²) >= 11 is 0. The van der Waals surface area contributed by atoms with Gasteiger partial charge in [-0.15, -0.1) is 0 Å². The van der Waals surface area contributed by atoms with Crippen molar-refractivity contribution in [2.24, 2.45) is 17.3 Å². The van der Waals surface area contributed by atoms with Crippen LogP contribution in [0.4, 0.5) is 0 Å². The monoisotopic (exact) mass is 206 g/mol. The number of epoxide rings is 1. The molecule has 84 valence electrons. The minimum atomic E-state index is 0.208. The fourth-order valence-corrected chi connectivity index (χ4v) is 3.87. The average Bonchev–Trinajstić information content (AvgIpc) is 2.71. The molecule has 1 heterocycles. The maximum Gasteiger partial charge on any atom is 0.0923 e. The van der Waals surface area contributed by atoms with Gasteiger partial charge in [0, 0.05) is 0 Å². The van der Waals surface area contributed by atoms with Gasteiger partial charge in [0.1, 0.15) is 0 Å². The Kier molecular flexibility index (Phi) is 1.77. The van der Waals surface area contributed by atoms with Gasteiger partial charge >= 0.3 is 0 Å². The summed E-state index contributed by atoms with van der Waals surface area (Å²) in [6.07, 6.45) is 5.56. The molecule has 1 aliphatic heterocycles. The van der Waals surface area contributed by atoms with E-state index in [4.69, 9.17) is 4.74 Å². The first-order valence-electron chi connectivity index (χ1n) is 6.28. The van der Waals surface area contributed by atoms with E-state index in [1.165, 1.54) is 24.8 Å². The van der Waals surface area contributed by atoms with Crippen LogP contribution in [0.3, 0.4) is 0 Å². The molecule has 15 heavy (non-hydrogen) atoms. The highest BCUT2D eigenvalue weighted by Gasteiger charge is 2.57. The van der Waals surface area contributed by atoms with E-state index in [9.17, 15) is 0 Å². The van der Waals surface area contributed by atoms with Gasteiger partial charge in [-0.2, -0.15) is 0 Å². The summed E-state index contributed by atoms with van der Waals surface area (Å²) in [5.74, 6) is 1.67. The lowest BCUT2D eigenvalue weighted by molar-refractivity contribution is -0.00326. The van der Waals surface area contributed by atoms with Crippen LogP contribution in [0.15, 0.2) is 12.2 Å². The highest BCUT2D eigenvalue weighted by Crippen LogP contribution is 2.60. The summed E-state index contributed by atoms with van der Waals surface area (Å²) in [5, 5.41) is 0. The van der Waals surface area contributed by atoms with Crippen LogP contribution in [0, 0.1) is 17.3 Å². The van der Waals surface area contributed by atoms with Crippen LogP contribution in [0.5, 0.6) is 0 Å². The normalized spacial score (nSPS) is 51.9. The number of rotatable bonds is 0. The standard InChI is InChI=1S/C14H22O/c1-9-7-12-14(4,15-12)6-5-11-10(9)8-13(11,2)3/h10-12H,1,5-8H2,2-4H3/t10-,11-,12+,14-/m1/s1. The molecule has 0 radical (unpaired) electrons. The van der Waals surface area contributed by atoms with Gasteiger partial charge in [0.05, 0.1) is 11.7 Å². The molecule has 2 saturated carbocycles. The van der Waals surface area contributed by atoms with Crippen LogP contribution in [0.2, 0.25) is 0 Å². The molecular weight excluding hydrogens is 184 g/mol. The Balaban J connectivity index is 1.80. The molecule has 1 nitrogen and oxygen atoms in total. The van der Waals surface area contributed by atoms with Crippen molar-refractivity contribution in [3.8, 4) is 0 Å². The second kappa shape index (κ2) is 2.68. The maximum absolute atomic E-state index is 5.83. The molecule has 0 unspecified atom stereocenters. The van der Waals surface area contributed by atoms with Crippen molar-refractivity contribution in [2.75, 3.05) is 0 Å². The topological polar surface area (TPSA) is 12.5 Å². The number of ether oxygens (including phenoxy) is 1. The van der Waals surface area contributed by atoms with E-state index in [0.717, 1.165) is 18.3 Å². The molecule has 3 fully saturated rings. The minimum Gasteiger partial charge on any atom is -0.366 e. The molecule has 0 N–H and O–H groups in total. The summed E-state index contributed by atoms with van der Waals surface area (Å²) in [6.45, 7) is 11.4. The zero-order valence-corrected chi connectivity index (χ0v) is 10.2. The van der Waals surface area contributed by atoms with Crippen molar-refractivity contribution in [3.05, 3.63) is 12.2 Å². The van der Waals surface area contributed by atoms with Gasteiger partial charge in [-0.25, -0.2) is 0 Å². The maximum atomic E-state index is 5.83. The molecule has 0 spiro atoms. The molecule has 3 aliphatic rings. The molecule has 0 amide bonds. The van der Waals surface area contributed by atoms with Crippen LogP contribution in [-0.2, 0) is 4.74 Å². The van der Waals surface area contributed by atoms with E-state index >= 15 is 0 Å². The van der Waals surface area contributed by atoms with Crippen molar-refractivity contribution in [1.29, 1.82) is 0 Å². The molecule has 0 aromatic carbocycles. The number of hydrogen-bond acceptors (Lipinski definition) is 1. The van der Waals surface area contributed by atoms with Gasteiger partial charge in [-0.1, -0.05) is 26.0 Å². The van der Waals surface area contributed by atoms with Crippen molar-refractivity contribution >= 4 is 0 Å². The Morgan fingerprint density at radius 2 is 2.07 bits per heavy atom. The molecule has 3 rings (SSSR count). The van der Waals surface area contributed by atoms with Crippen LogP contribution in [0.25, 0.3) is 0 Å². The largest absolute Gasteiger partial charge is 0.366 e. The summed E-state index contributed by atoms with van der Waals surface area (Å²) in [6, 6.07) is 0. The summed E-state index contributed by atoms with van der Waals surface area (Å²) in [7, 11) is 0. The van der Waals surface area contributed by atoms with Crippen molar-refractivity contribution in [1.82, 2.24) is 0 Å². The zero-order valence-electron chi connectivity index (χ0n) is 10.2. The van der Waals surface area contributed by atoms with Crippen LogP contribution < -0.4 is 0 Å². The Labute approximate surface area is 92.9 Å². The van der Waals surface area contributed by atoms with E-state index in [1.54, 1.807) is 0 Å². The van der Waals surface area contributed by atoms with Gasteiger partial charge in [-0.05, 0) is 49.9 Å². The lowest BCUT2D eigenvalue weighted by atomic mass is 9.51. The molecule has 0 aromatic rings. The van der Waals surface area contributed by atoms with Gasteiger partial charge in [-0.3, -0.25) is 0 Å². The Morgan fingerprint density at radius 3 is 2.73 bits per heavy atom. The van der Waals surface area contributed by atoms with Gasteiger partial charge < -0.3 is 4.74 Å². The zero-order chi connectivity index (χ0) is 10.8. The minimum absolute atomic E-state index is 0.208. The highest BCUT2D eigenvalue weighted by molar-refractivity contribution is 5.19. The van der Waals surface area contributed by atoms with Crippen LogP contribution >= 0.6 is 0 Å². The summed E-state index contributed by atoms with van der Waals surface area (Å²) < 4.78 is 5.83. The quantitative estimate of drug-likeness (QED) is 0.436. The number of fused-ring (bicyclic) bond motifs is 2. The van der Waals surface area contributed by atoms with Crippen molar-refractivity contribution < 1.29 is 4.74 Å². The predicted molar refractivity (Wildman–Crippen MR) is 61.6 cm³/mol. The molecule has 0 bridgehead atoms. The second-order valence-corrected chi connectivity index (χ2v) is 6.73. The fraction of sp³-hybridized carbons (Fsp3) is 0.857. The van der Waals surface area contributed by atoms with Crippen molar-refractivity contribution in [2.45, 2.75) is 58.2 Å². The van der Waals surface area contributed by atoms with Gasteiger partial charge in [0.25, 0.3) is 0 Å². The third-order valence-corrected chi connectivity index (χ3v) is 5.19. The smallest absolute Gasteiger partial charge is 0.0923 e. The van der Waals surface area contributed by atoms with E-state index in [1.807, 2.05) is 0 Å². The molecular formula is C14H22O. The van der Waals surface area contributed by atoms with E-state index < -0.39 is 0 Å². The van der Waals surface area contributed by atoms with Gasteiger partial charge in [0.2, 0.25) is 0 Å². The molecule has 1 heteroatoms. The first-order valence-corrected chi connectivity index (χ1v) is 6.28. The van der Waals surface area contributed by atoms with Crippen molar-refractivity contribution in [3.63, 3.8) is 0 Å². The lowest BCUT2D eigenvalue weighted by Gasteiger charge is -2.53. The first kappa shape index (κ1) is 9.89. The molecule has 0 aromatic heterocycles. The van der Waals surface area contributed by atoms with Gasteiger partial charge in [0.15, 0.2) is 0 Å². The fourth-order valence-electron chi connectivity index (χ4n) is 3.87. The van der Waals surface area contributed by atoms with E-state index in [0.29, 0.717) is 11.5 Å². The third-order valence-electron chi connectivity index (χ3n) is 5.19. The van der Waals surface area contributed by atoms with Crippen LogP contribution in [0.1, 0.15) is 46.5 Å². The number of hydrogen-bond donors (Lipinski definition) is 0. The van der Waals surface area contributed by atoms with E-state index in [2.05, 4.69) is 27.4 Å². The Bertz CT molecular complexity index is 317. The SMILES string of the molecule is C=C1C[C@@H]2O[C@]2(C)CC[C@@H]2[C@@H]1CC2(C)C. The highest BCUT2D eigenvalue weighted by atomic mass is 16.6. The Hall–Kier alpha value is -0.300. The molecule has 1 saturated heterocycles. The lowest BCUT2D eigenvalue weighted by Crippen LogP contribution is -2.46. The first-order chi connectivity index (χ1) is 6.92. The molecule has 2 aliphatic carbocycles. The third kappa shape index (κ3) is 1.32. The Morgan fingerprint density at radius 1 is 1.33 bits per heavy atom.